The average Bonchev–Trinajstić information content (AvgIpc) is 3.24. The van der Waals surface area contributed by atoms with E-state index in [9.17, 15) is 9.18 Å². The van der Waals surface area contributed by atoms with Crippen molar-refractivity contribution in [3.63, 3.8) is 0 Å². The van der Waals surface area contributed by atoms with E-state index in [1.807, 2.05) is 11.4 Å². The maximum atomic E-state index is 13.1. The number of amides is 1. The second kappa shape index (κ2) is 7.71. The van der Waals surface area contributed by atoms with E-state index in [0.717, 1.165) is 50.0 Å². The number of benzene rings is 1. The smallest absolute Gasteiger partial charge is 0.252 e. The van der Waals surface area contributed by atoms with Gasteiger partial charge in [0.05, 0.1) is 13.2 Å². The van der Waals surface area contributed by atoms with Gasteiger partial charge in [-0.15, -0.1) is 11.3 Å². The van der Waals surface area contributed by atoms with Gasteiger partial charge in [-0.1, -0.05) is 0 Å². The minimum atomic E-state index is -0.351. The summed E-state index contributed by atoms with van der Waals surface area (Å²) in [5.41, 5.74) is 4.90. The number of carbonyl (C=O) groups is 1. The molecule has 1 fully saturated rings. The third-order valence-corrected chi connectivity index (χ3v) is 5.52. The SMILES string of the molecule is O=C(NC1c2ccsc2NN1CCN1CCOCC1)c1ccc(F)cc1. The number of hydrogen-bond donors (Lipinski definition) is 2. The van der Waals surface area contributed by atoms with Gasteiger partial charge in [0.25, 0.3) is 5.91 Å². The standard InChI is InChI=1S/C18H21FN4O2S/c19-14-3-1-13(2-4-14)17(24)20-16-15-5-12-26-18(15)21-23(16)7-6-22-8-10-25-11-9-22/h1-5,12,16,21H,6-11H2,(H,20,24). The molecular formula is C18H21FN4O2S. The molecule has 1 saturated heterocycles. The summed E-state index contributed by atoms with van der Waals surface area (Å²) in [5.74, 6) is -0.566. The molecule has 1 aromatic heterocycles. The predicted octanol–water partition coefficient (Wildman–Crippen LogP) is 2.29. The summed E-state index contributed by atoms with van der Waals surface area (Å²) in [7, 11) is 0. The lowest BCUT2D eigenvalue weighted by Gasteiger charge is -2.31. The maximum Gasteiger partial charge on any atom is 0.252 e. The van der Waals surface area contributed by atoms with E-state index in [1.54, 1.807) is 11.3 Å². The Morgan fingerprint density at radius 3 is 2.77 bits per heavy atom. The Morgan fingerprint density at radius 2 is 2.00 bits per heavy atom. The summed E-state index contributed by atoms with van der Waals surface area (Å²) < 4.78 is 18.5. The molecule has 6 nitrogen and oxygen atoms in total. The highest BCUT2D eigenvalue weighted by molar-refractivity contribution is 7.14. The summed E-state index contributed by atoms with van der Waals surface area (Å²) in [5, 5.41) is 8.17. The molecule has 3 heterocycles. The minimum absolute atomic E-state index is 0.216. The number of anilines is 1. The number of carbonyl (C=O) groups excluding carboxylic acids is 1. The highest BCUT2D eigenvalue weighted by Gasteiger charge is 2.32. The van der Waals surface area contributed by atoms with Gasteiger partial charge in [-0.2, -0.15) is 5.01 Å². The first-order valence-corrected chi connectivity index (χ1v) is 9.56. The van der Waals surface area contributed by atoms with Crippen LogP contribution in [0, 0.1) is 5.82 Å². The Balaban J connectivity index is 1.43. The minimum Gasteiger partial charge on any atom is -0.379 e. The highest BCUT2D eigenvalue weighted by Crippen LogP contribution is 2.37. The lowest BCUT2D eigenvalue weighted by molar-refractivity contribution is 0.0321. The van der Waals surface area contributed by atoms with Gasteiger partial charge in [0, 0.05) is 37.3 Å². The van der Waals surface area contributed by atoms with Crippen molar-refractivity contribution in [3.05, 3.63) is 52.7 Å². The molecule has 0 aliphatic carbocycles. The van der Waals surface area contributed by atoms with Crippen LogP contribution in [0.3, 0.4) is 0 Å². The molecule has 2 N–H and O–H groups in total. The molecule has 0 bridgehead atoms. The normalized spacial score (nSPS) is 20.6. The number of nitrogens with zero attached hydrogens (tertiary/aromatic N) is 2. The molecule has 2 aliphatic heterocycles. The van der Waals surface area contributed by atoms with E-state index in [1.165, 1.54) is 24.3 Å². The van der Waals surface area contributed by atoms with E-state index in [2.05, 4.69) is 20.7 Å². The van der Waals surface area contributed by atoms with Gasteiger partial charge in [0.1, 0.15) is 17.0 Å². The fraction of sp³-hybridized carbons (Fsp3) is 0.389. The number of thiophene rings is 1. The topological polar surface area (TPSA) is 56.8 Å². The predicted molar refractivity (Wildman–Crippen MR) is 98.5 cm³/mol. The fourth-order valence-electron chi connectivity index (χ4n) is 3.21. The fourth-order valence-corrected chi connectivity index (χ4v) is 4.05. The van der Waals surface area contributed by atoms with Crippen LogP contribution < -0.4 is 10.7 Å². The second-order valence-electron chi connectivity index (χ2n) is 6.35. The van der Waals surface area contributed by atoms with Gasteiger partial charge in [0.15, 0.2) is 0 Å². The van der Waals surface area contributed by atoms with Crippen molar-refractivity contribution >= 4 is 22.2 Å². The van der Waals surface area contributed by atoms with E-state index in [4.69, 9.17) is 4.74 Å². The first kappa shape index (κ1) is 17.4. The summed E-state index contributed by atoms with van der Waals surface area (Å²) in [6.45, 7) is 5.07. The van der Waals surface area contributed by atoms with Crippen molar-refractivity contribution in [2.75, 3.05) is 44.8 Å². The van der Waals surface area contributed by atoms with Crippen molar-refractivity contribution in [1.29, 1.82) is 0 Å². The zero-order chi connectivity index (χ0) is 17.9. The number of ether oxygens (including phenoxy) is 1. The Bertz CT molecular complexity index is 761. The van der Waals surface area contributed by atoms with Crippen LogP contribution in [0.25, 0.3) is 0 Å². The zero-order valence-electron chi connectivity index (χ0n) is 14.3. The molecule has 0 spiro atoms. The molecule has 1 unspecified atom stereocenters. The van der Waals surface area contributed by atoms with Crippen LogP contribution in [-0.2, 0) is 4.74 Å². The van der Waals surface area contributed by atoms with Gasteiger partial charge < -0.3 is 15.5 Å². The van der Waals surface area contributed by atoms with Crippen LogP contribution >= 0.6 is 11.3 Å². The van der Waals surface area contributed by atoms with Crippen LogP contribution in [0.4, 0.5) is 9.39 Å². The number of hydrazine groups is 1. The third kappa shape index (κ3) is 3.73. The summed E-state index contributed by atoms with van der Waals surface area (Å²) in [6.07, 6.45) is -0.241. The van der Waals surface area contributed by atoms with E-state index in [-0.39, 0.29) is 17.9 Å². The number of rotatable bonds is 5. The van der Waals surface area contributed by atoms with Gasteiger partial charge in [0.2, 0.25) is 0 Å². The van der Waals surface area contributed by atoms with Crippen LogP contribution in [-0.4, -0.2) is 55.2 Å². The highest BCUT2D eigenvalue weighted by atomic mass is 32.1. The summed E-state index contributed by atoms with van der Waals surface area (Å²) >= 11 is 1.62. The zero-order valence-corrected chi connectivity index (χ0v) is 15.1. The number of fused-ring (bicyclic) bond motifs is 1. The molecule has 26 heavy (non-hydrogen) atoms. The first-order chi connectivity index (χ1) is 12.7. The molecule has 1 atom stereocenters. The van der Waals surface area contributed by atoms with Crippen molar-refractivity contribution in [2.24, 2.45) is 0 Å². The van der Waals surface area contributed by atoms with Crippen LogP contribution in [0.5, 0.6) is 0 Å². The monoisotopic (exact) mass is 376 g/mol. The van der Waals surface area contributed by atoms with Crippen LogP contribution in [0.1, 0.15) is 22.1 Å². The Kier molecular flexibility index (Phi) is 5.16. The molecule has 0 radical (unpaired) electrons. The van der Waals surface area contributed by atoms with Gasteiger partial charge in [-0.3, -0.25) is 9.69 Å². The molecule has 0 saturated carbocycles. The van der Waals surface area contributed by atoms with Crippen LogP contribution in [0.15, 0.2) is 35.7 Å². The summed E-state index contributed by atoms with van der Waals surface area (Å²) in [6, 6.07) is 7.62. The molecule has 2 aromatic rings. The Labute approximate surface area is 155 Å². The molecule has 4 rings (SSSR count). The molecular weight excluding hydrogens is 355 g/mol. The lowest BCUT2D eigenvalue weighted by Crippen LogP contribution is -2.45. The maximum absolute atomic E-state index is 13.1. The molecule has 8 heteroatoms. The quantitative estimate of drug-likeness (QED) is 0.839. The Morgan fingerprint density at radius 1 is 1.23 bits per heavy atom. The van der Waals surface area contributed by atoms with E-state index >= 15 is 0 Å². The third-order valence-electron chi connectivity index (χ3n) is 4.68. The summed E-state index contributed by atoms with van der Waals surface area (Å²) in [4.78, 5) is 14.9. The van der Waals surface area contributed by atoms with Crippen molar-refractivity contribution in [3.8, 4) is 0 Å². The molecule has 1 aromatic carbocycles. The van der Waals surface area contributed by atoms with Crippen molar-refractivity contribution < 1.29 is 13.9 Å². The molecule has 2 aliphatic rings. The number of nitrogens with one attached hydrogen (secondary N) is 2. The number of hydrogen-bond acceptors (Lipinski definition) is 6. The van der Waals surface area contributed by atoms with E-state index < -0.39 is 0 Å². The van der Waals surface area contributed by atoms with Gasteiger partial charge >= 0.3 is 0 Å². The Hall–Kier alpha value is -2.00. The largest absolute Gasteiger partial charge is 0.379 e. The van der Waals surface area contributed by atoms with Crippen molar-refractivity contribution in [2.45, 2.75) is 6.17 Å². The van der Waals surface area contributed by atoms with Crippen molar-refractivity contribution in [1.82, 2.24) is 15.2 Å². The van der Waals surface area contributed by atoms with Gasteiger partial charge in [-0.25, -0.2) is 4.39 Å². The number of morpholine rings is 1. The average molecular weight is 376 g/mol. The van der Waals surface area contributed by atoms with Gasteiger partial charge in [-0.05, 0) is 35.7 Å². The number of halogens is 1. The first-order valence-electron chi connectivity index (χ1n) is 8.68. The molecule has 1 amide bonds. The van der Waals surface area contributed by atoms with Crippen LogP contribution in [0.2, 0.25) is 0 Å². The van der Waals surface area contributed by atoms with E-state index in [0.29, 0.717) is 5.56 Å². The lowest BCUT2D eigenvalue weighted by atomic mass is 10.2. The molecule has 138 valence electrons. The second-order valence-corrected chi connectivity index (χ2v) is 7.26.